The summed E-state index contributed by atoms with van der Waals surface area (Å²) in [6.45, 7) is 1.58. The summed E-state index contributed by atoms with van der Waals surface area (Å²) in [5, 5.41) is 22.4. The molecule has 7 heteroatoms. The molecule has 0 unspecified atom stereocenters. The maximum absolute atomic E-state index is 11.8. The Hall–Kier alpha value is -1.60. The van der Waals surface area contributed by atoms with Gasteiger partial charge in [-0.25, -0.2) is 0 Å². The molecule has 0 spiro atoms. The molecule has 18 heavy (non-hydrogen) atoms. The van der Waals surface area contributed by atoms with Crippen LogP contribution < -0.4 is 5.32 Å². The molecule has 0 aliphatic heterocycles. The zero-order valence-electron chi connectivity index (χ0n) is 10.0. The first-order valence-corrected chi connectivity index (χ1v) is 6.47. The molecule has 0 heterocycles. The predicted octanol–water partition coefficient (Wildman–Crippen LogP) is 1.43. The van der Waals surface area contributed by atoms with Crippen molar-refractivity contribution >= 4 is 23.4 Å². The quantitative estimate of drug-likeness (QED) is 0.479. The van der Waals surface area contributed by atoms with Crippen LogP contribution in [0.2, 0.25) is 0 Å². The summed E-state index contributed by atoms with van der Waals surface area (Å²) >= 11 is 1.39. The van der Waals surface area contributed by atoms with Crippen molar-refractivity contribution in [3.63, 3.8) is 0 Å². The van der Waals surface area contributed by atoms with E-state index in [-0.39, 0.29) is 17.8 Å². The molecule has 1 rings (SSSR count). The van der Waals surface area contributed by atoms with Gasteiger partial charge in [0.25, 0.3) is 11.6 Å². The largest absolute Gasteiger partial charge is 0.392 e. The number of rotatable bonds is 5. The zero-order chi connectivity index (χ0) is 13.7. The summed E-state index contributed by atoms with van der Waals surface area (Å²) in [5.74, 6) is -0.557. The Morgan fingerprint density at radius 2 is 2.28 bits per heavy atom. The first-order valence-electron chi connectivity index (χ1n) is 5.24. The Bertz CT molecular complexity index is 462. The number of aliphatic hydroxyl groups is 1. The molecule has 1 aromatic rings. The van der Waals surface area contributed by atoms with Gasteiger partial charge in [0.1, 0.15) is 5.56 Å². The molecule has 0 aromatic heterocycles. The van der Waals surface area contributed by atoms with Gasteiger partial charge in [-0.15, -0.1) is 11.8 Å². The number of carbonyl (C=O) groups excluding carboxylic acids is 1. The van der Waals surface area contributed by atoms with Gasteiger partial charge in [-0.05, 0) is 25.3 Å². The molecule has 0 radical (unpaired) electrons. The van der Waals surface area contributed by atoms with Crippen molar-refractivity contribution in [2.75, 3.05) is 12.8 Å². The van der Waals surface area contributed by atoms with Gasteiger partial charge in [-0.1, -0.05) is 0 Å². The number of benzene rings is 1. The van der Waals surface area contributed by atoms with Gasteiger partial charge in [0.15, 0.2) is 0 Å². The summed E-state index contributed by atoms with van der Waals surface area (Å²) in [7, 11) is 0. The van der Waals surface area contributed by atoms with Crippen LogP contribution in [0.25, 0.3) is 0 Å². The number of nitro groups is 1. The summed E-state index contributed by atoms with van der Waals surface area (Å²) in [5.41, 5.74) is -0.233. The van der Waals surface area contributed by atoms with Gasteiger partial charge in [0, 0.05) is 17.5 Å². The number of hydrogen-bond donors (Lipinski definition) is 2. The summed E-state index contributed by atoms with van der Waals surface area (Å²) in [6, 6.07) is 4.37. The highest BCUT2D eigenvalue weighted by atomic mass is 32.2. The Labute approximate surface area is 109 Å². The van der Waals surface area contributed by atoms with E-state index >= 15 is 0 Å². The van der Waals surface area contributed by atoms with Crippen molar-refractivity contribution in [3.8, 4) is 0 Å². The predicted molar refractivity (Wildman–Crippen MR) is 68.9 cm³/mol. The summed E-state index contributed by atoms with van der Waals surface area (Å²) in [6.07, 6.45) is 1.12. The Morgan fingerprint density at radius 3 is 2.78 bits per heavy atom. The topological polar surface area (TPSA) is 92.5 Å². The molecule has 0 aliphatic carbocycles. The van der Waals surface area contributed by atoms with Gasteiger partial charge in [-0.2, -0.15) is 0 Å². The van der Waals surface area contributed by atoms with Crippen LogP contribution in [0.3, 0.4) is 0 Å². The molecule has 1 amide bonds. The zero-order valence-corrected chi connectivity index (χ0v) is 10.9. The normalized spacial score (nSPS) is 11.9. The maximum atomic E-state index is 11.8. The van der Waals surface area contributed by atoms with Crippen LogP contribution in [0, 0.1) is 10.1 Å². The molecule has 6 nitrogen and oxygen atoms in total. The third kappa shape index (κ3) is 3.71. The third-order valence-electron chi connectivity index (χ3n) is 2.20. The van der Waals surface area contributed by atoms with Crippen LogP contribution >= 0.6 is 11.8 Å². The van der Waals surface area contributed by atoms with Crippen LogP contribution in [0.5, 0.6) is 0 Å². The summed E-state index contributed by atoms with van der Waals surface area (Å²) in [4.78, 5) is 22.8. The number of nitrogens with one attached hydrogen (secondary N) is 1. The molecule has 0 saturated heterocycles. The van der Waals surface area contributed by atoms with Crippen molar-refractivity contribution in [1.82, 2.24) is 5.32 Å². The monoisotopic (exact) mass is 270 g/mol. The fourth-order valence-corrected chi connectivity index (χ4v) is 1.76. The van der Waals surface area contributed by atoms with Gasteiger partial charge in [0.05, 0.1) is 11.0 Å². The van der Waals surface area contributed by atoms with Crippen LogP contribution in [-0.4, -0.2) is 34.8 Å². The van der Waals surface area contributed by atoms with E-state index in [2.05, 4.69) is 5.32 Å². The minimum atomic E-state index is -0.697. The smallest absolute Gasteiger partial charge is 0.282 e. The lowest BCUT2D eigenvalue weighted by Gasteiger charge is -2.08. The standard InChI is InChI=1S/C11H14N2O4S/c1-7(14)6-12-11(15)9-5-8(18-2)3-4-10(9)13(16)17/h3-5,7,14H,6H2,1-2H3,(H,12,15)/t7-/m0/s1. The van der Waals surface area contributed by atoms with Gasteiger partial charge >= 0.3 is 0 Å². The highest BCUT2D eigenvalue weighted by Gasteiger charge is 2.20. The van der Waals surface area contributed by atoms with E-state index in [1.807, 2.05) is 6.26 Å². The van der Waals surface area contributed by atoms with E-state index in [1.165, 1.54) is 30.8 Å². The van der Waals surface area contributed by atoms with Crippen LogP contribution in [0.1, 0.15) is 17.3 Å². The molecule has 2 N–H and O–H groups in total. The SMILES string of the molecule is CSc1ccc([N+](=O)[O-])c(C(=O)NC[C@H](C)O)c1. The lowest BCUT2D eigenvalue weighted by Crippen LogP contribution is -2.31. The lowest BCUT2D eigenvalue weighted by molar-refractivity contribution is -0.385. The third-order valence-corrected chi connectivity index (χ3v) is 2.93. The van der Waals surface area contributed by atoms with Crippen LogP contribution in [0.15, 0.2) is 23.1 Å². The second kappa shape index (κ2) is 6.36. The van der Waals surface area contributed by atoms with E-state index < -0.39 is 16.9 Å². The summed E-state index contributed by atoms with van der Waals surface area (Å²) < 4.78 is 0. The second-order valence-corrected chi connectivity index (χ2v) is 4.58. The number of hydrogen-bond acceptors (Lipinski definition) is 5. The lowest BCUT2D eigenvalue weighted by atomic mass is 10.1. The number of aliphatic hydroxyl groups excluding tert-OH is 1. The first kappa shape index (κ1) is 14.5. The highest BCUT2D eigenvalue weighted by Crippen LogP contribution is 2.24. The fourth-order valence-electron chi connectivity index (χ4n) is 1.32. The van der Waals surface area contributed by atoms with E-state index in [4.69, 9.17) is 5.11 Å². The molecule has 1 atom stereocenters. The number of amides is 1. The number of nitro benzene ring substituents is 1. The van der Waals surface area contributed by atoms with Crippen molar-refractivity contribution in [3.05, 3.63) is 33.9 Å². The number of carbonyl (C=O) groups is 1. The molecule has 0 saturated carbocycles. The van der Waals surface area contributed by atoms with Gasteiger partial charge < -0.3 is 10.4 Å². The van der Waals surface area contributed by atoms with Crippen molar-refractivity contribution in [1.29, 1.82) is 0 Å². The molecule has 0 aliphatic rings. The second-order valence-electron chi connectivity index (χ2n) is 3.70. The molecule has 98 valence electrons. The Morgan fingerprint density at radius 1 is 1.61 bits per heavy atom. The minimum absolute atomic E-state index is 0.00694. The molecule has 0 bridgehead atoms. The first-order chi connectivity index (χ1) is 8.45. The Kier molecular flexibility index (Phi) is 5.11. The van der Waals surface area contributed by atoms with Crippen LogP contribution in [0.4, 0.5) is 5.69 Å². The average Bonchev–Trinajstić information content (AvgIpc) is 2.34. The van der Waals surface area contributed by atoms with Crippen molar-refractivity contribution in [2.45, 2.75) is 17.9 Å². The number of thioether (sulfide) groups is 1. The van der Waals surface area contributed by atoms with E-state index in [9.17, 15) is 14.9 Å². The van der Waals surface area contributed by atoms with Gasteiger partial charge in [0.2, 0.25) is 0 Å². The van der Waals surface area contributed by atoms with E-state index in [1.54, 1.807) is 6.07 Å². The molecule has 1 aromatic carbocycles. The highest BCUT2D eigenvalue weighted by molar-refractivity contribution is 7.98. The van der Waals surface area contributed by atoms with Crippen LogP contribution in [-0.2, 0) is 0 Å². The molecule has 0 fully saturated rings. The maximum Gasteiger partial charge on any atom is 0.282 e. The van der Waals surface area contributed by atoms with E-state index in [0.29, 0.717) is 0 Å². The van der Waals surface area contributed by atoms with Crippen molar-refractivity contribution < 1.29 is 14.8 Å². The van der Waals surface area contributed by atoms with E-state index in [0.717, 1.165) is 4.90 Å². The average molecular weight is 270 g/mol. The fraction of sp³-hybridized carbons (Fsp3) is 0.364. The molecular weight excluding hydrogens is 256 g/mol. The number of nitrogens with zero attached hydrogens (tertiary/aromatic N) is 1. The van der Waals surface area contributed by atoms with Gasteiger partial charge in [-0.3, -0.25) is 14.9 Å². The molecular formula is C11H14N2O4S. The Balaban J connectivity index is 3.03. The van der Waals surface area contributed by atoms with Crippen molar-refractivity contribution in [2.24, 2.45) is 0 Å². The minimum Gasteiger partial charge on any atom is -0.392 e.